The molecule has 0 amide bonds. The summed E-state index contributed by atoms with van der Waals surface area (Å²) < 4.78 is 26.4. The Morgan fingerprint density at radius 3 is 2.33 bits per heavy atom. The fourth-order valence-corrected chi connectivity index (χ4v) is 4.53. The number of alkyl halides is 1. The van der Waals surface area contributed by atoms with E-state index in [1.807, 2.05) is 0 Å². The molecule has 88 valence electrons. The molecule has 2 rings (SSSR count). The Hall–Kier alpha value is 0.200. The van der Waals surface area contributed by atoms with Crippen molar-refractivity contribution in [3.63, 3.8) is 0 Å². The molecular weight excluding hydrogens is 234 g/mol. The summed E-state index contributed by atoms with van der Waals surface area (Å²) >= 11 is 5.84. The van der Waals surface area contributed by atoms with Gasteiger partial charge in [-0.25, -0.2) is 13.1 Å². The van der Waals surface area contributed by atoms with Crippen molar-refractivity contribution in [3.8, 4) is 0 Å². The van der Waals surface area contributed by atoms with E-state index in [1.165, 1.54) is 0 Å². The van der Waals surface area contributed by atoms with E-state index in [4.69, 9.17) is 11.6 Å². The van der Waals surface area contributed by atoms with E-state index < -0.39 is 10.0 Å². The van der Waals surface area contributed by atoms with Crippen LogP contribution in [0.2, 0.25) is 0 Å². The molecule has 15 heavy (non-hydrogen) atoms. The molecule has 0 atom stereocenters. The fraction of sp³-hybridized carbons (Fsp3) is 1.00. The highest BCUT2D eigenvalue weighted by Crippen LogP contribution is 2.31. The highest BCUT2D eigenvalue weighted by atomic mass is 35.5. The third-order valence-corrected chi connectivity index (χ3v) is 5.77. The Bertz CT molecular complexity index is 305. The van der Waals surface area contributed by atoms with Gasteiger partial charge in [0.2, 0.25) is 10.0 Å². The van der Waals surface area contributed by atoms with Crippen molar-refractivity contribution < 1.29 is 8.42 Å². The third kappa shape index (κ3) is 2.86. The van der Waals surface area contributed by atoms with Crippen LogP contribution in [0.15, 0.2) is 0 Å². The zero-order chi connectivity index (χ0) is 10.9. The lowest BCUT2D eigenvalue weighted by molar-refractivity contribution is 0.323. The van der Waals surface area contributed by atoms with Gasteiger partial charge in [-0.2, -0.15) is 0 Å². The number of sulfonamides is 1. The molecule has 1 N–H and O–H groups in total. The molecule has 0 aromatic heterocycles. The summed E-state index contributed by atoms with van der Waals surface area (Å²) in [5.41, 5.74) is 0. The average Bonchev–Trinajstić information content (AvgIpc) is 2.63. The van der Waals surface area contributed by atoms with Crippen LogP contribution >= 0.6 is 11.6 Å². The molecule has 0 aromatic carbocycles. The zero-order valence-electron chi connectivity index (χ0n) is 8.78. The SMILES string of the molecule is O=S(=O)(NCC1CC(Cl)C1)C1CCCC1. The van der Waals surface area contributed by atoms with Crippen molar-refractivity contribution in [1.29, 1.82) is 0 Å². The van der Waals surface area contributed by atoms with Gasteiger partial charge in [0.1, 0.15) is 0 Å². The molecule has 2 fully saturated rings. The second kappa shape index (κ2) is 4.60. The summed E-state index contributed by atoms with van der Waals surface area (Å²) in [6, 6.07) is 0. The molecule has 0 spiro atoms. The maximum Gasteiger partial charge on any atom is 0.214 e. The molecule has 0 aliphatic heterocycles. The minimum absolute atomic E-state index is 0.135. The second-order valence-corrected chi connectivity index (χ2v) is 7.40. The smallest absolute Gasteiger partial charge is 0.214 e. The third-order valence-electron chi connectivity index (χ3n) is 3.49. The van der Waals surface area contributed by atoms with E-state index >= 15 is 0 Å². The zero-order valence-corrected chi connectivity index (χ0v) is 10.4. The van der Waals surface area contributed by atoms with Crippen molar-refractivity contribution in [2.24, 2.45) is 5.92 Å². The molecule has 0 saturated heterocycles. The minimum Gasteiger partial charge on any atom is -0.215 e. The molecule has 2 aliphatic carbocycles. The van der Waals surface area contributed by atoms with E-state index in [2.05, 4.69) is 4.72 Å². The van der Waals surface area contributed by atoms with Crippen LogP contribution in [0.25, 0.3) is 0 Å². The van der Waals surface area contributed by atoms with Gasteiger partial charge in [0.15, 0.2) is 0 Å². The first-order valence-corrected chi connectivity index (χ1v) is 7.69. The van der Waals surface area contributed by atoms with Gasteiger partial charge in [0, 0.05) is 11.9 Å². The lowest BCUT2D eigenvalue weighted by atomic mass is 9.85. The van der Waals surface area contributed by atoms with Crippen LogP contribution in [-0.4, -0.2) is 25.6 Å². The Labute approximate surface area is 96.6 Å². The van der Waals surface area contributed by atoms with E-state index in [-0.39, 0.29) is 10.6 Å². The molecular formula is C10H18ClNO2S. The molecule has 3 nitrogen and oxygen atoms in total. The Morgan fingerprint density at radius 2 is 1.80 bits per heavy atom. The van der Waals surface area contributed by atoms with Gasteiger partial charge in [-0.05, 0) is 31.6 Å². The van der Waals surface area contributed by atoms with Crippen LogP contribution in [0.3, 0.4) is 0 Å². The van der Waals surface area contributed by atoms with Gasteiger partial charge in [-0.1, -0.05) is 12.8 Å². The summed E-state index contributed by atoms with van der Waals surface area (Å²) in [7, 11) is -3.04. The van der Waals surface area contributed by atoms with Gasteiger partial charge in [0.25, 0.3) is 0 Å². The number of rotatable bonds is 4. The Morgan fingerprint density at radius 1 is 1.20 bits per heavy atom. The number of nitrogens with one attached hydrogen (secondary N) is 1. The summed E-state index contributed by atoms with van der Waals surface area (Å²) in [4.78, 5) is 0. The maximum absolute atomic E-state index is 11.8. The van der Waals surface area contributed by atoms with Crippen LogP contribution in [0.4, 0.5) is 0 Å². The summed E-state index contributed by atoms with van der Waals surface area (Å²) in [6.07, 6.45) is 5.68. The molecule has 5 heteroatoms. The summed E-state index contributed by atoms with van der Waals surface area (Å²) in [5, 5.41) is 0.135. The maximum atomic E-state index is 11.8. The topological polar surface area (TPSA) is 46.2 Å². The quantitative estimate of drug-likeness (QED) is 0.776. The molecule has 0 bridgehead atoms. The van der Waals surface area contributed by atoms with Gasteiger partial charge in [-0.15, -0.1) is 11.6 Å². The number of halogens is 1. The van der Waals surface area contributed by atoms with Crippen molar-refractivity contribution in [2.75, 3.05) is 6.54 Å². The van der Waals surface area contributed by atoms with E-state index in [1.54, 1.807) is 0 Å². The van der Waals surface area contributed by atoms with Crippen LogP contribution < -0.4 is 4.72 Å². The van der Waals surface area contributed by atoms with Crippen molar-refractivity contribution in [3.05, 3.63) is 0 Å². The lowest BCUT2D eigenvalue weighted by Gasteiger charge is -2.31. The molecule has 0 unspecified atom stereocenters. The first-order chi connectivity index (χ1) is 7.08. The summed E-state index contributed by atoms with van der Waals surface area (Å²) in [6.45, 7) is 0.585. The predicted molar refractivity (Wildman–Crippen MR) is 61.5 cm³/mol. The molecule has 0 radical (unpaired) electrons. The van der Waals surface area contributed by atoms with Crippen molar-refractivity contribution in [2.45, 2.75) is 49.2 Å². The van der Waals surface area contributed by atoms with Gasteiger partial charge in [0.05, 0.1) is 5.25 Å². The van der Waals surface area contributed by atoms with E-state index in [0.29, 0.717) is 12.5 Å². The van der Waals surface area contributed by atoms with Crippen LogP contribution in [0.1, 0.15) is 38.5 Å². The molecule has 0 aromatic rings. The Balaban J connectivity index is 1.77. The average molecular weight is 252 g/mol. The fourth-order valence-electron chi connectivity index (χ4n) is 2.37. The monoisotopic (exact) mass is 251 g/mol. The minimum atomic E-state index is -3.04. The number of hydrogen-bond acceptors (Lipinski definition) is 2. The first kappa shape index (κ1) is 11.7. The van der Waals surface area contributed by atoms with Crippen molar-refractivity contribution >= 4 is 21.6 Å². The molecule has 2 saturated carbocycles. The standard InChI is InChI=1S/C10H18ClNO2S/c11-9-5-8(6-9)7-12-15(13,14)10-3-1-2-4-10/h8-10,12H,1-7H2. The van der Waals surface area contributed by atoms with E-state index in [9.17, 15) is 8.42 Å². The van der Waals surface area contributed by atoms with Crippen molar-refractivity contribution in [1.82, 2.24) is 4.72 Å². The largest absolute Gasteiger partial charge is 0.215 e. The lowest BCUT2D eigenvalue weighted by Crippen LogP contribution is -2.40. The number of hydrogen-bond donors (Lipinski definition) is 1. The molecule has 0 heterocycles. The van der Waals surface area contributed by atoms with Crippen LogP contribution in [0.5, 0.6) is 0 Å². The van der Waals surface area contributed by atoms with Crippen LogP contribution in [0, 0.1) is 5.92 Å². The van der Waals surface area contributed by atoms with Gasteiger partial charge in [-0.3, -0.25) is 0 Å². The highest BCUT2D eigenvalue weighted by molar-refractivity contribution is 7.90. The first-order valence-electron chi connectivity index (χ1n) is 5.70. The van der Waals surface area contributed by atoms with Gasteiger partial charge >= 0.3 is 0 Å². The highest BCUT2D eigenvalue weighted by Gasteiger charge is 2.32. The van der Waals surface area contributed by atoms with Gasteiger partial charge < -0.3 is 0 Å². The van der Waals surface area contributed by atoms with E-state index in [0.717, 1.165) is 38.5 Å². The predicted octanol–water partition coefficient (Wildman–Crippen LogP) is 1.87. The second-order valence-electron chi connectivity index (χ2n) is 4.73. The van der Waals surface area contributed by atoms with Crippen LogP contribution in [-0.2, 0) is 10.0 Å². The Kier molecular flexibility index (Phi) is 3.58. The molecule has 2 aliphatic rings. The summed E-state index contributed by atoms with van der Waals surface area (Å²) in [5.74, 6) is 0.462. The normalized spacial score (nSPS) is 32.9.